The molecule has 0 bridgehead atoms. The largest absolute Gasteiger partial charge is 0.401 e. The van der Waals surface area contributed by atoms with Crippen LogP contribution in [0.5, 0.6) is 0 Å². The minimum atomic E-state index is -4.10. The lowest BCUT2D eigenvalue weighted by Crippen LogP contribution is -2.42. The number of carbonyl (C=O) groups excluding carboxylic acids is 1. The Labute approximate surface area is 121 Å². The molecule has 0 saturated heterocycles. The van der Waals surface area contributed by atoms with Crippen LogP contribution >= 0.6 is 0 Å². The van der Waals surface area contributed by atoms with Crippen LogP contribution in [0.1, 0.15) is 27.2 Å². The summed E-state index contributed by atoms with van der Waals surface area (Å²) in [5.41, 5.74) is 0.349. The third kappa shape index (κ3) is 6.47. The van der Waals surface area contributed by atoms with Crippen molar-refractivity contribution in [3.8, 4) is 0 Å². The Morgan fingerprint density at radius 3 is 2.30 bits per heavy atom. The second kappa shape index (κ2) is 8.35. The average Bonchev–Trinajstić information content (AvgIpc) is 2.27. The number of amides is 1. The maximum atomic E-state index is 11.9. The highest BCUT2D eigenvalue weighted by Gasteiger charge is 2.23. The quantitative estimate of drug-likeness (QED) is 0.497. The third-order valence-corrected chi connectivity index (χ3v) is 3.61. The van der Waals surface area contributed by atoms with Gasteiger partial charge >= 0.3 is 10.4 Å². The van der Waals surface area contributed by atoms with Crippen molar-refractivity contribution in [2.45, 2.75) is 39.5 Å². The first-order valence-electron chi connectivity index (χ1n) is 6.38. The molecule has 0 aromatic carbocycles. The van der Waals surface area contributed by atoms with E-state index in [-0.39, 0.29) is 12.6 Å². The monoisotopic (exact) mass is 308 g/mol. The van der Waals surface area contributed by atoms with Gasteiger partial charge in [-0.3, -0.25) is 4.79 Å². The van der Waals surface area contributed by atoms with Gasteiger partial charge in [0.15, 0.2) is 0 Å². The Bertz CT molecular complexity index is 433. The van der Waals surface area contributed by atoms with E-state index in [9.17, 15) is 13.2 Å². The number of carbonyl (C=O) groups is 1. The molecule has 1 N–H and O–H groups in total. The molecule has 118 valence electrons. The van der Waals surface area contributed by atoms with E-state index in [1.54, 1.807) is 0 Å². The zero-order valence-corrected chi connectivity index (χ0v) is 13.5. The summed E-state index contributed by atoms with van der Waals surface area (Å²) in [4.78, 5) is 13.8. The highest BCUT2D eigenvalue weighted by molar-refractivity contribution is 7.81. The Hall–Kier alpha value is -0.960. The van der Waals surface area contributed by atoms with E-state index in [1.165, 1.54) is 13.8 Å². The Balaban J connectivity index is 4.57. The standard InChI is InChI=1S/C12H24N2O5S/c1-7-11(14(5)6)9(3)12(15)13-10(4)19-20(16,17)18-8-2/h10-11H,3,7-8H2,1-2,4-6H3,(H,13,15). The second-order valence-corrected chi connectivity index (χ2v) is 5.68. The zero-order valence-electron chi connectivity index (χ0n) is 12.7. The van der Waals surface area contributed by atoms with Crippen molar-refractivity contribution >= 4 is 16.3 Å². The molecule has 0 aliphatic carbocycles. The van der Waals surface area contributed by atoms with Gasteiger partial charge in [0.25, 0.3) is 0 Å². The van der Waals surface area contributed by atoms with Crippen molar-refractivity contribution < 1.29 is 21.6 Å². The molecular weight excluding hydrogens is 284 g/mol. The van der Waals surface area contributed by atoms with Crippen LogP contribution in [0.4, 0.5) is 0 Å². The molecule has 0 aliphatic rings. The maximum absolute atomic E-state index is 11.9. The Kier molecular flexibility index (Phi) is 7.95. The zero-order chi connectivity index (χ0) is 15.9. The summed E-state index contributed by atoms with van der Waals surface area (Å²) in [6.07, 6.45) is -0.318. The predicted octanol–water partition coefficient (Wildman–Crippen LogP) is 0.643. The molecule has 0 spiro atoms. The molecule has 20 heavy (non-hydrogen) atoms. The summed E-state index contributed by atoms with van der Waals surface area (Å²) in [5, 5.41) is 2.42. The Morgan fingerprint density at radius 2 is 1.90 bits per heavy atom. The average molecular weight is 308 g/mol. The lowest BCUT2D eigenvalue weighted by atomic mass is 10.0. The molecule has 0 fully saturated rings. The van der Waals surface area contributed by atoms with Crippen molar-refractivity contribution in [1.29, 1.82) is 0 Å². The number of nitrogens with zero attached hydrogens (tertiary/aromatic N) is 1. The number of nitrogens with one attached hydrogen (secondary N) is 1. The van der Waals surface area contributed by atoms with Crippen molar-refractivity contribution in [1.82, 2.24) is 10.2 Å². The molecule has 0 aromatic rings. The number of hydrogen-bond donors (Lipinski definition) is 1. The number of hydrogen-bond acceptors (Lipinski definition) is 6. The minimum absolute atomic E-state index is 0.0335. The van der Waals surface area contributed by atoms with E-state index >= 15 is 0 Å². The van der Waals surface area contributed by atoms with Gasteiger partial charge in [-0.25, -0.2) is 8.37 Å². The van der Waals surface area contributed by atoms with Crippen molar-refractivity contribution in [3.63, 3.8) is 0 Å². The van der Waals surface area contributed by atoms with Gasteiger partial charge in [-0.05, 0) is 34.4 Å². The molecule has 2 atom stereocenters. The van der Waals surface area contributed by atoms with Crippen LogP contribution in [0.15, 0.2) is 12.2 Å². The number of likely N-dealkylation sites (N-methyl/N-ethyl adjacent to an activating group) is 1. The first kappa shape index (κ1) is 19.0. The first-order chi connectivity index (χ1) is 9.14. The lowest BCUT2D eigenvalue weighted by molar-refractivity contribution is -0.120. The molecule has 0 aromatic heterocycles. The smallest absolute Gasteiger partial charge is 0.326 e. The molecule has 1 amide bonds. The van der Waals surface area contributed by atoms with E-state index in [1.807, 2.05) is 25.9 Å². The summed E-state index contributed by atoms with van der Waals surface area (Å²) in [6, 6.07) is -0.120. The van der Waals surface area contributed by atoms with Gasteiger partial charge < -0.3 is 10.2 Å². The third-order valence-electron chi connectivity index (χ3n) is 2.56. The number of rotatable bonds is 9. The van der Waals surface area contributed by atoms with E-state index in [0.29, 0.717) is 12.0 Å². The fourth-order valence-corrected chi connectivity index (χ4v) is 2.47. The second-order valence-electron chi connectivity index (χ2n) is 4.44. The normalized spacial score (nSPS) is 14.9. The molecule has 7 nitrogen and oxygen atoms in total. The fraction of sp³-hybridized carbons (Fsp3) is 0.750. The Morgan fingerprint density at radius 1 is 1.35 bits per heavy atom. The maximum Gasteiger partial charge on any atom is 0.401 e. The van der Waals surface area contributed by atoms with E-state index in [4.69, 9.17) is 0 Å². The minimum Gasteiger partial charge on any atom is -0.326 e. The summed E-state index contributed by atoms with van der Waals surface area (Å²) in [6.45, 7) is 8.57. The summed E-state index contributed by atoms with van der Waals surface area (Å²) in [7, 11) is -0.420. The highest BCUT2D eigenvalue weighted by atomic mass is 32.3. The molecule has 2 unspecified atom stereocenters. The van der Waals surface area contributed by atoms with Gasteiger partial charge in [-0.2, -0.15) is 8.42 Å². The van der Waals surface area contributed by atoms with Crippen LogP contribution in [0.2, 0.25) is 0 Å². The molecule has 0 heterocycles. The molecule has 0 rings (SSSR count). The van der Waals surface area contributed by atoms with Crippen molar-refractivity contribution in [3.05, 3.63) is 12.2 Å². The van der Waals surface area contributed by atoms with Gasteiger partial charge in [0.05, 0.1) is 6.61 Å². The highest BCUT2D eigenvalue weighted by Crippen LogP contribution is 2.10. The van der Waals surface area contributed by atoms with Crippen LogP contribution in [0.25, 0.3) is 0 Å². The molecular formula is C12H24N2O5S. The van der Waals surface area contributed by atoms with Gasteiger partial charge in [0.1, 0.15) is 6.23 Å². The van der Waals surface area contributed by atoms with E-state index < -0.39 is 22.5 Å². The van der Waals surface area contributed by atoms with Crippen molar-refractivity contribution in [2.75, 3.05) is 20.7 Å². The molecule has 8 heteroatoms. The SMILES string of the molecule is C=C(C(=O)NC(C)OS(=O)(=O)OCC)C(CC)N(C)C. The molecule has 0 radical (unpaired) electrons. The van der Waals surface area contributed by atoms with E-state index in [2.05, 4.69) is 20.3 Å². The van der Waals surface area contributed by atoms with Crippen LogP contribution in [0, 0.1) is 0 Å². The summed E-state index contributed by atoms with van der Waals surface area (Å²) < 4.78 is 31.6. The van der Waals surface area contributed by atoms with Crippen LogP contribution in [-0.2, 0) is 23.6 Å². The van der Waals surface area contributed by atoms with Crippen LogP contribution < -0.4 is 5.32 Å². The fourth-order valence-electron chi connectivity index (χ4n) is 1.72. The van der Waals surface area contributed by atoms with Crippen LogP contribution in [0.3, 0.4) is 0 Å². The van der Waals surface area contributed by atoms with Gasteiger partial charge in [-0.1, -0.05) is 13.5 Å². The first-order valence-corrected chi connectivity index (χ1v) is 7.71. The predicted molar refractivity (Wildman–Crippen MR) is 76.1 cm³/mol. The van der Waals surface area contributed by atoms with Gasteiger partial charge in [-0.15, -0.1) is 0 Å². The van der Waals surface area contributed by atoms with E-state index in [0.717, 1.165) is 0 Å². The summed E-state index contributed by atoms with van der Waals surface area (Å²) in [5.74, 6) is -0.454. The van der Waals surface area contributed by atoms with Crippen molar-refractivity contribution in [2.24, 2.45) is 0 Å². The summed E-state index contributed by atoms with van der Waals surface area (Å²) >= 11 is 0. The van der Waals surface area contributed by atoms with Crippen LogP contribution in [-0.4, -0.2) is 52.2 Å². The molecule has 0 aliphatic heterocycles. The molecule has 0 saturated carbocycles. The van der Waals surface area contributed by atoms with Gasteiger partial charge in [0, 0.05) is 11.6 Å². The van der Waals surface area contributed by atoms with Gasteiger partial charge in [0.2, 0.25) is 5.91 Å². The topological polar surface area (TPSA) is 84.9 Å². The lowest BCUT2D eigenvalue weighted by Gasteiger charge is -2.25.